The number of amides is 1. The van der Waals surface area contributed by atoms with E-state index < -0.39 is 0 Å². The maximum atomic E-state index is 11.4. The highest BCUT2D eigenvalue weighted by Gasteiger charge is 2.13. The predicted molar refractivity (Wildman–Crippen MR) is 53.3 cm³/mol. The molecular formula is C8H10ClNO2S. The fourth-order valence-corrected chi connectivity index (χ4v) is 1.83. The van der Waals surface area contributed by atoms with E-state index in [9.17, 15) is 4.79 Å². The van der Waals surface area contributed by atoms with Gasteiger partial charge in [-0.1, -0.05) is 11.6 Å². The molecule has 2 N–H and O–H groups in total. The third kappa shape index (κ3) is 2.69. The van der Waals surface area contributed by atoms with Crippen LogP contribution in [0.25, 0.3) is 0 Å². The van der Waals surface area contributed by atoms with Crippen molar-refractivity contribution in [2.24, 2.45) is 0 Å². The summed E-state index contributed by atoms with van der Waals surface area (Å²) in [5, 5.41) is 13.5. The molecule has 0 fully saturated rings. The highest BCUT2D eigenvalue weighted by molar-refractivity contribution is 7.12. The zero-order chi connectivity index (χ0) is 9.84. The van der Waals surface area contributed by atoms with Crippen LogP contribution >= 0.6 is 22.9 Å². The van der Waals surface area contributed by atoms with Crippen molar-refractivity contribution in [3.8, 4) is 0 Å². The fourth-order valence-electron chi connectivity index (χ4n) is 0.791. The van der Waals surface area contributed by atoms with Crippen molar-refractivity contribution in [1.29, 1.82) is 0 Å². The lowest BCUT2D eigenvalue weighted by atomic mass is 10.3. The first-order chi connectivity index (χ1) is 6.15. The van der Waals surface area contributed by atoms with E-state index in [1.165, 1.54) is 11.3 Å². The highest BCUT2D eigenvalue weighted by Crippen LogP contribution is 2.21. The van der Waals surface area contributed by atoms with Gasteiger partial charge in [0.25, 0.3) is 5.91 Å². The van der Waals surface area contributed by atoms with Gasteiger partial charge in [-0.3, -0.25) is 4.79 Å². The van der Waals surface area contributed by atoms with Gasteiger partial charge in [0.1, 0.15) is 4.88 Å². The van der Waals surface area contributed by atoms with Crippen LogP contribution in [0.5, 0.6) is 0 Å². The summed E-state index contributed by atoms with van der Waals surface area (Å²) >= 11 is 7.03. The molecule has 0 aliphatic heterocycles. The van der Waals surface area contributed by atoms with Crippen molar-refractivity contribution in [2.75, 3.05) is 6.61 Å². The molecule has 0 saturated heterocycles. The van der Waals surface area contributed by atoms with Crippen LogP contribution in [0.4, 0.5) is 0 Å². The molecule has 0 aliphatic carbocycles. The molecule has 5 heteroatoms. The normalized spacial score (nSPS) is 12.5. The number of aliphatic hydroxyl groups excluding tert-OH is 1. The third-order valence-corrected chi connectivity index (χ3v) is 2.81. The Morgan fingerprint density at radius 2 is 2.54 bits per heavy atom. The average molecular weight is 220 g/mol. The summed E-state index contributed by atoms with van der Waals surface area (Å²) in [5.41, 5.74) is 0. The fraction of sp³-hybridized carbons (Fsp3) is 0.375. The molecule has 1 amide bonds. The Kier molecular flexibility index (Phi) is 3.71. The first kappa shape index (κ1) is 10.5. The SMILES string of the molecule is C[C@@H](CO)NC(=O)c1sccc1Cl. The standard InChI is InChI=1S/C8H10ClNO2S/c1-5(4-11)10-8(12)7-6(9)2-3-13-7/h2-3,5,11H,4H2,1H3,(H,10,12)/t5-/m0/s1. The van der Waals surface area contributed by atoms with Crippen molar-refractivity contribution in [1.82, 2.24) is 5.32 Å². The van der Waals surface area contributed by atoms with Crippen molar-refractivity contribution in [3.05, 3.63) is 21.3 Å². The zero-order valence-electron chi connectivity index (χ0n) is 7.08. The Morgan fingerprint density at radius 3 is 3.00 bits per heavy atom. The lowest BCUT2D eigenvalue weighted by Gasteiger charge is -2.09. The molecule has 0 aromatic carbocycles. The summed E-state index contributed by atoms with van der Waals surface area (Å²) < 4.78 is 0. The van der Waals surface area contributed by atoms with Crippen LogP contribution in [0, 0.1) is 0 Å². The van der Waals surface area contributed by atoms with Crippen molar-refractivity contribution in [3.63, 3.8) is 0 Å². The minimum Gasteiger partial charge on any atom is -0.394 e. The van der Waals surface area contributed by atoms with Crippen LogP contribution in [-0.2, 0) is 0 Å². The van der Waals surface area contributed by atoms with Gasteiger partial charge < -0.3 is 10.4 Å². The van der Waals surface area contributed by atoms with Crippen LogP contribution in [0.1, 0.15) is 16.6 Å². The molecule has 1 aromatic rings. The van der Waals surface area contributed by atoms with Crippen LogP contribution < -0.4 is 5.32 Å². The zero-order valence-corrected chi connectivity index (χ0v) is 8.65. The van der Waals surface area contributed by atoms with E-state index >= 15 is 0 Å². The summed E-state index contributed by atoms with van der Waals surface area (Å²) in [6.45, 7) is 1.65. The maximum absolute atomic E-state index is 11.4. The first-order valence-corrected chi connectivity index (χ1v) is 5.05. The lowest BCUT2D eigenvalue weighted by Crippen LogP contribution is -2.34. The van der Waals surface area contributed by atoms with Crippen molar-refractivity contribution >= 4 is 28.8 Å². The molecule has 1 rings (SSSR count). The predicted octanol–water partition coefficient (Wildman–Crippen LogP) is 1.51. The molecule has 1 aromatic heterocycles. The number of hydrogen-bond donors (Lipinski definition) is 2. The van der Waals surface area contributed by atoms with E-state index in [4.69, 9.17) is 16.7 Å². The quantitative estimate of drug-likeness (QED) is 0.810. The number of thiophene rings is 1. The Labute approximate surface area is 85.3 Å². The van der Waals surface area contributed by atoms with Crippen molar-refractivity contribution < 1.29 is 9.90 Å². The summed E-state index contributed by atoms with van der Waals surface area (Å²) in [5.74, 6) is -0.235. The summed E-state index contributed by atoms with van der Waals surface area (Å²) in [4.78, 5) is 11.9. The van der Waals surface area contributed by atoms with Gasteiger partial charge in [0.15, 0.2) is 0 Å². The van der Waals surface area contributed by atoms with Gasteiger partial charge in [0, 0.05) is 6.04 Å². The summed E-state index contributed by atoms with van der Waals surface area (Å²) in [7, 11) is 0. The number of rotatable bonds is 3. The number of halogens is 1. The topological polar surface area (TPSA) is 49.3 Å². The minimum atomic E-state index is -0.245. The van der Waals surface area contributed by atoms with Gasteiger partial charge >= 0.3 is 0 Å². The molecule has 0 radical (unpaired) electrons. The lowest BCUT2D eigenvalue weighted by molar-refractivity contribution is 0.0926. The van der Waals surface area contributed by atoms with Gasteiger partial charge in [0.2, 0.25) is 0 Å². The monoisotopic (exact) mass is 219 g/mol. The van der Waals surface area contributed by atoms with E-state index in [-0.39, 0.29) is 18.6 Å². The molecule has 0 bridgehead atoms. The van der Waals surface area contributed by atoms with Crippen LogP contribution in [0.3, 0.4) is 0 Å². The van der Waals surface area contributed by atoms with Crippen LogP contribution in [-0.4, -0.2) is 23.7 Å². The second-order valence-corrected chi connectivity index (χ2v) is 3.98. The van der Waals surface area contributed by atoms with Crippen LogP contribution in [0.2, 0.25) is 5.02 Å². The molecule has 0 spiro atoms. The molecule has 3 nitrogen and oxygen atoms in total. The molecule has 0 saturated carbocycles. The Hall–Kier alpha value is -0.580. The molecule has 72 valence electrons. The number of nitrogens with one attached hydrogen (secondary N) is 1. The number of hydrogen-bond acceptors (Lipinski definition) is 3. The highest BCUT2D eigenvalue weighted by atomic mass is 35.5. The Morgan fingerprint density at radius 1 is 1.85 bits per heavy atom. The summed E-state index contributed by atoms with van der Waals surface area (Å²) in [6, 6.07) is 1.43. The molecular weight excluding hydrogens is 210 g/mol. The Balaban J connectivity index is 2.64. The van der Waals surface area contributed by atoms with E-state index in [0.29, 0.717) is 9.90 Å². The van der Waals surface area contributed by atoms with E-state index in [1.54, 1.807) is 18.4 Å². The molecule has 0 aliphatic rings. The van der Waals surface area contributed by atoms with Gasteiger partial charge in [-0.15, -0.1) is 11.3 Å². The number of carbonyl (C=O) groups excluding carboxylic acids is 1. The van der Waals surface area contributed by atoms with E-state index in [1.807, 2.05) is 0 Å². The summed E-state index contributed by atoms with van der Waals surface area (Å²) in [6.07, 6.45) is 0. The van der Waals surface area contributed by atoms with E-state index in [0.717, 1.165) is 0 Å². The third-order valence-electron chi connectivity index (χ3n) is 1.47. The second kappa shape index (κ2) is 4.60. The number of carbonyl (C=O) groups is 1. The average Bonchev–Trinajstić information content (AvgIpc) is 2.51. The van der Waals surface area contributed by atoms with Crippen molar-refractivity contribution in [2.45, 2.75) is 13.0 Å². The van der Waals surface area contributed by atoms with E-state index in [2.05, 4.69) is 5.32 Å². The molecule has 13 heavy (non-hydrogen) atoms. The minimum absolute atomic E-state index is 0.0747. The number of aliphatic hydroxyl groups is 1. The largest absolute Gasteiger partial charge is 0.394 e. The van der Waals surface area contributed by atoms with Gasteiger partial charge in [0.05, 0.1) is 11.6 Å². The van der Waals surface area contributed by atoms with Crippen LogP contribution in [0.15, 0.2) is 11.4 Å². The molecule has 0 unspecified atom stereocenters. The van der Waals surface area contributed by atoms with Gasteiger partial charge in [-0.05, 0) is 18.4 Å². The molecule has 1 heterocycles. The first-order valence-electron chi connectivity index (χ1n) is 3.80. The maximum Gasteiger partial charge on any atom is 0.263 e. The second-order valence-electron chi connectivity index (χ2n) is 2.65. The Bertz CT molecular complexity index is 300. The van der Waals surface area contributed by atoms with Gasteiger partial charge in [-0.2, -0.15) is 0 Å². The smallest absolute Gasteiger partial charge is 0.263 e. The molecule has 1 atom stereocenters. The van der Waals surface area contributed by atoms with Gasteiger partial charge in [-0.25, -0.2) is 0 Å².